The van der Waals surface area contributed by atoms with Gasteiger partial charge in [0, 0.05) is 12.7 Å². The Hall–Kier alpha value is -1.35. The highest BCUT2D eigenvalue weighted by Crippen LogP contribution is 2.47. The van der Waals surface area contributed by atoms with Crippen molar-refractivity contribution >= 4 is 11.6 Å². The molecule has 102 valence electrons. The first-order chi connectivity index (χ1) is 9.16. The summed E-state index contributed by atoms with van der Waals surface area (Å²) in [5.74, 6) is 0.0609. The van der Waals surface area contributed by atoms with Crippen LogP contribution in [0.1, 0.15) is 36.8 Å². The molecule has 3 nitrogen and oxygen atoms in total. The van der Waals surface area contributed by atoms with Gasteiger partial charge in [0.15, 0.2) is 0 Å². The number of benzene rings is 1. The molecule has 0 unspecified atom stereocenters. The van der Waals surface area contributed by atoms with Crippen LogP contribution in [0, 0.1) is 5.41 Å². The Morgan fingerprint density at radius 2 is 1.95 bits per heavy atom. The molecule has 0 aromatic heterocycles. The van der Waals surface area contributed by atoms with Gasteiger partial charge in [0.05, 0.1) is 12.0 Å². The second kappa shape index (κ2) is 4.64. The van der Waals surface area contributed by atoms with Crippen molar-refractivity contribution in [3.63, 3.8) is 0 Å². The standard InChI is InChI=1S/C16H21NO2/c1-17(15(19)16(11-18)8-9-16)14-7-6-12-4-2-3-5-13(12)10-14/h6-7,10,18H,2-5,8-9,11H2,1H3. The summed E-state index contributed by atoms with van der Waals surface area (Å²) in [6.07, 6.45) is 6.43. The third-order valence-electron chi connectivity index (χ3n) is 4.63. The molecule has 0 spiro atoms. The van der Waals surface area contributed by atoms with Gasteiger partial charge < -0.3 is 10.0 Å². The molecular formula is C16H21NO2. The lowest BCUT2D eigenvalue weighted by molar-refractivity contribution is -0.124. The van der Waals surface area contributed by atoms with Crippen molar-refractivity contribution in [3.8, 4) is 0 Å². The van der Waals surface area contributed by atoms with E-state index in [0.29, 0.717) is 0 Å². The Morgan fingerprint density at radius 1 is 1.26 bits per heavy atom. The average Bonchev–Trinajstić information content (AvgIpc) is 3.26. The number of hydrogen-bond acceptors (Lipinski definition) is 2. The van der Waals surface area contributed by atoms with Gasteiger partial charge in [-0.1, -0.05) is 6.07 Å². The summed E-state index contributed by atoms with van der Waals surface area (Å²) in [7, 11) is 1.82. The molecule has 1 aromatic rings. The minimum Gasteiger partial charge on any atom is -0.395 e. The SMILES string of the molecule is CN(C(=O)C1(CO)CC1)c1ccc2c(c1)CCCC2. The molecule has 0 saturated heterocycles. The molecule has 1 aromatic carbocycles. The third-order valence-corrected chi connectivity index (χ3v) is 4.63. The predicted octanol–water partition coefficient (Wildman–Crippen LogP) is 2.30. The van der Waals surface area contributed by atoms with E-state index in [2.05, 4.69) is 12.1 Å². The predicted molar refractivity (Wildman–Crippen MR) is 75.2 cm³/mol. The molecule has 0 bridgehead atoms. The number of aliphatic hydroxyl groups is 1. The first kappa shape index (κ1) is 12.7. The Bertz CT molecular complexity index is 505. The van der Waals surface area contributed by atoms with Crippen molar-refractivity contribution in [3.05, 3.63) is 29.3 Å². The van der Waals surface area contributed by atoms with Crippen LogP contribution in [0.3, 0.4) is 0 Å². The van der Waals surface area contributed by atoms with Gasteiger partial charge in [-0.05, 0) is 61.8 Å². The van der Waals surface area contributed by atoms with E-state index in [0.717, 1.165) is 31.4 Å². The van der Waals surface area contributed by atoms with Crippen molar-refractivity contribution in [2.45, 2.75) is 38.5 Å². The first-order valence-corrected chi connectivity index (χ1v) is 7.17. The number of aryl methyl sites for hydroxylation is 2. The van der Waals surface area contributed by atoms with Crippen molar-refractivity contribution in [1.29, 1.82) is 0 Å². The zero-order valence-corrected chi connectivity index (χ0v) is 11.5. The van der Waals surface area contributed by atoms with Gasteiger partial charge in [0.2, 0.25) is 5.91 Å². The second-order valence-electron chi connectivity index (χ2n) is 5.96. The molecule has 19 heavy (non-hydrogen) atoms. The number of anilines is 1. The zero-order valence-electron chi connectivity index (χ0n) is 11.5. The molecule has 1 amide bonds. The molecule has 2 aliphatic carbocycles. The highest BCUT2D eigenvalue weighted by molar-refractivity contribution is 5.99. The minimum atomic E-state index is -0.481. The fourth-order valence-electron chi connectivity index (χ4n) is 2.99. The van der Waals surface area contributed by atoms with E-state index in [9.17, 15) is 9.90 Å². The second-order valence-corrected chi connectivity index (χ2v) is 5.96. The van der Waals surface area contributed by atoms with Crippen molar-refractivity contribution < 1.29 is 9.90 Å². The monoisotopic (exact) mass is 259 g/mol. The summed E-state index contributed by atoms with van der Waals surface area (Å²) in [6, 6.07) is 6.35. The summed E-state index contributed by atoms with van der Waals surface area (Å²) in [6.45, 7) is -0.0267. The molecule has 0 aliphatic heterocycles. The van der Waals surface area contributed by atoms with Crippen LogP contribution in [0.2, 0.25) is 0 Å². The van der Waals surface area contributed by atoms with E-state index in [1.54, 1.807) is 4.90 Å². The maximum absolute atomic E-state index is 12.4. The number of amides is 1. The van der Waals surface area contributed by atoms with Crippen molar-refractivity contribution in [1.82, 2.24) is 0 Å². The van der Waals surface area contributed by atoms with Crippen LogP contribution in [0.4, 0.5) is 5.69 Å². The van der Waals surface area contributed by atoms with Crippen molar-refractivity contribution in [2.24, 2.45) is 5.41 Å². The summed E-state index contributed by atoms with van der Waals surface area (Å²) in [4.78, 5) is 14.1. The number of carbonyl (C=O) groups is 1. The number of aliphatic hydroxyl groups excluding tert-OH is 1. The summed E-state index contributed by atoms with van der Waals surface area (Å²) in [5.41, 5.74) is 3.30. The van der Waals surface area contributed by atoms with Gasteiger partial charge in [0.1, 0.15) is 0 Å². The largest absolute Gasteiger partial charge is 0.395 e. The number of hydrogen-bond donors (Lipinski definition) is 1. The minimum absolute atomic E-state index is 0.0267. The smallest absolute Gasteiger partial charge is 0.235 e. The molecular weight excluding hydrogens is 238 g/mol. The Kier molecular flexibility index (Phi) is 3.09. The van der Waals surface area contributed by atoms with E-state index >= 15 is 0 Å². The van der Waals surface area contributed by atoms with Gasteiger partial charge >= 0.3 is 0 Å². The number of rotatable bonds is 3. The Labute approximate surface area is 114 Å². The van der Waals surface area contributed by atoms with E-state index in [-0.39, 0.29) is 12.5 Å². The van der Waals surface area contributed by atoms with Gasteiger partial charge in [0.25, 0.3) is 0 Å². The Balaban J connectivity index is 1.84. The number of carbonyl (C=O) groups excluding carboxylic acids is 1. The molecule has 3 heteroatoms. The lowest BCUT2D eigenvalue weighted by Gasteiger charge is -2.24. The maximum atomic E-state index is 12.4. The fourth-order valence-corrected chi connectivity index (χ4v) is 2.99. The van der Waals surface area contributed by atoms with Gasteiger partial charge in [-0.2, -0.15) is 0 Å². The molecule has 0 radical (unpaired) electrons. The lowest BCUT2D eigenvalue weighted by Crippen LogP contribution is -2.36. The van der Waals surface area contributed by atoms with Crippen molar-refractivity contribution in [2.75, 3.05) is 18.6 Å². The normalized spacial score (nSPS) is 19.7. The number of nitrogens with zero attached hydrogens (tertiary/aromatic N) is 1. The van der Waals surface area contributed by atoms with Crippen LogP contribution in [-0.4, -0.2) is 24.7 Å². The summed E-state index contributed by atoms with van der Waals surface area (Å²) in [5, 5.41) is 9.37. The van der Waals surface area contributed by atoms with Gasteiger partial charge in [-0.3, -0.25) is 4.79 Å². The molecule has 3 rings (SSSR count). The van der Waals surface area contributed by atoms with E-state index in [1.807, 2.05) is 13.1 Å². The maximum Gasteiger partial charge on any atom is 0.235 e. The first-order valence-electron chi connectivity index (χ1n) is 7.17. The Morgan fingerprint density at radius 3 is 2.58 bits per heavy atom. The van der Waals surface area contributed by atoms with Crippen LogP contribution >= 0.6 is 0 Å². The van der Waals surface area contributed by atoms with Gasteiger partial charge in [-0.25, -0.2) is 0 Å². The van der Waals surface area contributed by atoms with E-state index in [1.165, 1.54) is 24.0 Å². The summed E-state index contributed by atoms with van der Waals surface area (Å²) >= 11 is 0. The van der Waals surface area contributed by atoms with Gasteiger partial charge in [-0.15, -0.1) is 0 Å². The van der Waals surface area contributed by atoms with Crippen LogP contribution in [0.15, 0.2) is 18.2 Å². The van der Waals surface area contributed by atoms with Crippen LogP contribution in [-0.2, 0) is 17.6 Å². The van der Waals surface area contributed by atoms with E-state index < -0.39 is 5.41 Å². The summed E-state index contributed by atoms with van der Waals surface area (Å²) < 4.78 is 0. The van der Waals surface area contributed by atoms with Crippen LogP contribution in [0.5, 0.6) is 0 Å². The topological polar surface area (TPSA) is 40.5 Å². The molecule has 0 heterocycles. The molecule has 2 aliphatic rings. The van der Waals surface area contributed by atoms with E-state index in [4.69, 9.17) is 0 Å². The quantitative estimate of drug-likeness (QED) is 0.905. The highest BCUT2D eigenvalue weighted by atomic mass is 16.3. The molecule has 1 saturated carbocycles. The number of fused-ring (bicyclic) bond motifs is 1. The highest BCUT2D eigenvalue weighted by Gasteiger charge is 2.50. The van der Waals surface area contributed by atoms with Crippen LogP contribution < -0.4 is 4.90 Å². The fraction of sp³-hybridized carbons (Fsp3) is 0.562. The lowest BCUT2D eigenvalue weighted by atomic mass is 9.91. The average molecular weight is 259 g/mol. The zero-order chi connectivity index (χ0) is 13.5. The molecule has 1 N–H and O–H groups in total. The third kappa shape index (κ3) is 2.16. The molecule has 1 fully saturated rings. The van der Waals surface area contributed by atoms with Crippen LogP contribution in [0.25, 0.3) is 0 Å². The molecule has 0 atom stereocenters.